The molecule has 2 aromatic heterocycles. The quantitative estimate of drug-likeness (QED) is 0.796. The van der Waals surface area contributed by atoms with Crippen LogP contribution in [0.3, 0.4) is 0 Å². The van der Waals surface area contributed by atoms with Crippen molar-refractivity contribution in [2.75, 3.05) is 7.11 Å². The fourth-order valence-corrected chi connectivity index (χ4v) is 2.02. The summed E-state index contributed by atoms with van der Waals surface area (Å²) in [5.74, 6) is 1.49. The fraction of sp³-hybridized carbons (Fsp3) is 0.133. The fourth-order valence-electron chi connectivity index (χ4n) is 2.02. The van der Waals surface area contributed by atoms with E-state index in [4.69, 9.17) is 14.5 Å². The number of nitrogens with zero attached hydrogens (tertiary/aromatic N) is 3. The molecule has 3 rings (SSSR count). The van der Waals surface area contributed by atoms with Crippen molar-refractivity contribution >= 4 is 0 Å². The smallest absolute Gasteiger partial charge is 0.259 e. The normalized spacial score (nSPS) is 10.3. The Morgan fingerprint density at radius 2 is 2.19 bits per heavy atom. The van der Waals surface area contributed by atoms with Crippen molar-refractivity contribution in [2.24, 2.45) is 0 Å². The van der Waals surface area contributed by atoms with Gasteiger partial charge in [0.2, 0.25) is 5.82 Å². The van der Waals surface area contributed by atoms with Crippen LogP contribution in [0.1, 0.15) is 11.3 Å². The second kappa shape index (κ2) is 5.13. The summed E-state index contributed by atoms with van der Waals surface area (Å²) >= 11 is 0. The van der Waals surface area contributed by atoms with E-state index in [0.717, 1.165) is 11.1 Å². The SMILES string of the molecule is COc1cc(C)ccc1-c1noc(-c2c[nH]c(C#N)c2)n1. The lowest BCUT2D eigenvalue weighted by atomic mass is 10.1. The van der Waals surface area contributed by atoms with Gasteiger partial charge in [0.05, 0.1) is 18.2 Å². The molecule has 21 heavy (non-hydrogen) atoms. The molecule has 0 fully saturated rings. The number of hydrogen-bond donors (Lipinski definition) is 1. The first kappa shape index (κ1) is 12.9. The third-order valence-electron chi connectivity index (χ3n) is 3.07. The Bertz CT molecular complexity index is 826. The zero-order chi connectivity index (χ0) is 14.8. The Labute approximate surface area is 121 Å². The van der Waals surface area contributed by atoms with Crippen LogP contribution in [0.4, 0.5) is 0 Å². The van der Waals surface area contributed by atoms with E-state index >= 15 is 0 Å². The van der Waals surface area contributed by atoms with Crippen LogP contribution in [-0.2, 0) is 0 Å². The number of rotatable bonds is 3. The molecule has 0 aliphatic heterocycles. The van der Waals surface area contributed by atoms with E-state index in [1.54, 1.807) is 19.4 Å². The van der Waals surface area contributed by atoms with Crippen LogP contribution in [0.5, 0.6) is 5.75 Å². The molecule has 0 saturated heterocycles. The number of ether oxygens (including phenoxy) is 1. The minimum absolute atomic E-state index is 0.352. The lowest BCUT2D eigenvalue weighted by Gasteiger charge is -2.05. The molecule has 0 unspecified atom stereocenters. The number of H-pyrrole nitrogens is 1. The van der Waals surface area contributed by atoms with Crippen molar-refractivity contribution in [3.05, 3.63) is 41.7 Å². The number of methoxy groups -OCH3 is 1. The van der Waals surface area contributed by atoms with Gasteiger partial charge in [-0.2, -0.15) is 10.2 Å². The molecule has 104 valence electrons. The number of aromatic nitrogens is 3. The second-order valence-electron chi connectivity index (χ2n) is 4.54. The second-order valence-corrected chi connectivity index (χ2v) is 4.54. The van der Waals surface area contributed by atoms with Gasteiger partial charge in [-0.15, -0.1) is 0 Å². The number of nitrogens with one attached hydrogen (secondary N) is 1. The third kappa shape index (κ3) is 2.37. The van der Waals surface area contributed by atoms with Gasteiger partial charge in [-0.3, -0.25) is 0 Å². The highest BCUT2D eigenvalue weighted by atomic mass is 16.5. The Morgan fingerprint density at radius 1 is 1.33 bits per heavy atom. The molecule has 0 spiro atoms. The van der Waals surface area contributed by atoms with Gasteiger partial charge in [-0.1, -0.05) is 11.2 Å². The van der Waals surface area contributed by atoms with E-state index < -0.39 is 0 Å². The maximum atomic E-state index is 8.81. The largest absolute Gasteiger partial charge is 0.496 e. The van der Waals surface area contributed by atoms with Gasteiger partial charge in [-0.05, 0) is 30.7 Å². The van der Waals surface area contributed by atoms with Crippen molar-refractivity contribution in [1.29, 1.82) is 5.26 Å². The summed E-state index contributed by atoms with van der Waals surface area (Å²) in [4.78, 5) is 7.17. The minimum atomic E-state index is 0.352. The number of hydrogen-bond acceptors (Lipinski definition) is 5. The third-order valence-corrected chi connectivity index (χ3v) is 3.07. The van der Waals surface area contributed by atoms with Crippen LogP contribution in [0.15, 0.2) is 35.0 Å². The summed E-state index contributed by atoms with van der Waals surface area (Å²) in [6, 6.07) is 9.43. The highest BCUT2D eigenvalue weighted by molar-refractivity contribution is 5.66. The average Bonchev–Trinajstić information content (AvgIpc) is 3.15. The molecule has 6 nitrogen and oxygen atoms in total. The predicted octanol–water partition coefficient (Wildman–Crippen LogP) is 2.92. The molecule has 0 aliphatic carbocycles. The van der Waals surface area contributed by atoms with Gasteiger partial charge in [0, 0.05) is 6.20 Å². The molecule has 3 aromatic rings. The Balaban J connectivity index is 2.00. The molecule has 1 N–H and O–H groups in total. The maximum absolute atomic E-state index is 8.81. The molecule has 0 saturated carbocycles. The van der Waals surface area contributed by atoms with E-state index in [2.05, 4.69) is 15.1 Å². The van der Waals surface area contributed by atoms with E-state index in [-0.39, 0.29) is 0 Å². The molecule has 1 aromatic carbocycles. The topological polar surface area (TPSA) is 87.7 Å². The Morgan fingerprint density at radius 3 is 2.90 bits per heavy atom. The summed E-state index contributed by atoms with van der Waals surface area (Å²) in [5.41, 5.74) is 2.96. The van der Waals surface area contributed by atoms with Crippen LogP contribution in [0, 0.1) is 18.3 Å². The molecule has 0 radical (unpaired) electrons. The molecule has 2 heterocycles. The molecule has 0 amide bonds. The van der Waals surface area contributed by atoms with Crippen LogP contribution in [-0.4, -0.2) is 22.2 Å². The summed E-state index contributed by atoms with van der Waals surface area (Å²) < 4.78 is 10.6. The highest BCUT2D eigenvalue weighted by Gasteiger charge is 2.15. The maximum Gasteiger partial charge on any atom is 0.259 e. The highest BCUT2D eigenvalue weighted by Crippen LogP contribution is 2.30. The van der Waals surface area contributed by atoms with Crippen molar-refractivity contribution in [2.45, 2.75) is 6.92 Å². The standard InChI is InChI=1S/C15H12N4O2/c1-9-3-4-12(13(5-9)20-2)14-18-15(21-19-14)10-6-11(7-16)17-8-10/h3-6,8,17H,1-2H3. The van der Waals surface area contributed by atoms with Crippen LogP contribution in [0.2, 0.25) is 0 Å². The average molecular weight is 280 g/mol. The van der Waals surface area contributed by atoms with Crippen molar-refractivity contribution < 1.29 is 9.26 Å². The van der Waals surface area contributed by atoms with E-state index in [9.17, 15) is 0 Å². The monoisotopic (exact) mass is 280 g/mol. The molecule has 6 heteroatoms. The number of benzene rings is 1. The first-order chi connectivity index (χ1) is 10.2. The lowest BCUT2D eigenvalue weighted by Crippen LogP contribution is -1.90. The van der Waals surface area contributed by atoms with E-state index in [1.165, 1.54) is 0 Å². The van der Waals surface area contributed by atoms with Crippen molar-refractivity contribution in [3.63, 3.8) is 0 Å². The molecular weight excluding hydrogens is 268 g/mol. The zero-order valence-corrected chi connectivity index (χ0v) is 11.5. The van der Waals surface area contributed by atoms with Gasteiger partial charge in [0.25, 0.3) is 5.89 Å². The summed E-state index contributed by atoms with van der Waals surface area (Å²) in [6.45, 7) is 1.98. The van der Waals surface area contributed by atoms with Gasteiger partial charge in [0.1, 0.15) is 17.5 Å². The predicted molar refractivity (Wildman–Crippen MR) is 75.5 cm³/mol. The molecule has 0 aliphatic rings. The molecular formula is C15H12N4O2. The minimum Gasteiger partial charge on any atom is -0.496 e. The Hall–Kier alpha value is -3.07. The van der Waals surface area contributed by atoms with Crippen molar-refractivity contribution in [3.8, 4) is 34.7 Å². The van der Waals surface area contributed by atoms with Gasteiger partial charge < -0.3 is 14.2 Å². The first-order valence-corrected chi connectivity index (χ1v) is 6.29. The van der Waals surface area contributed by atoms with Crippen LogP contribution in [0.25, 0.3) is 22.8 Å². The summed E-state index contributed by atoms with van der Waals surface area (Å²) in [5, 5.41) is 12.8. The van der Waals surface area contributed by atoms with Crippen LogP contribution >= 0.6 is 0 Å². The number of nitriles is 1. The summed E-state index contributed by atoms with van der Waals surface area (Å²) in [6.07, 6.45) is 1.65. The van der Waals surface area contributed by atoms with Gasteiger partial charge >= 0.3 is 0 Å². The van der Waals surface area contributed by atoms with Gasteiger partial charge in [0.15, 0.2) is 0 Å². The van der Waals surface area contributed by atoms with Gasteiger partial charge in [-0.25, -0.2) is 0 Å². The van der Waals surface area contributed by atoms with Crippen LogP contribution < -0.4 is 4.74 Å². The van der Waals surface area contributed by atoms with E-state index in [0.29, 0.717) is 28.7 Å². The number of aromatic amines is 1. The van der Waals surface area contributed by atoms with Crippen molar-refractivity contribution in [1.82, 2.24) is 15.1 Å². The lowest BCUT2D eigenvalue weighted by molar-refractivity contribution is 0.413. The zero-order valence-electron chi connectivity index (χ0n) is 11.5. The first-order valence-electron chi connectivity index (χ1n) is 6.29. The summed E-state index contributed by atoms with van der Waals surface area (Å²) in [7, 11) is 1.60. The van der Waals surface area contributed by atoms with E-state index in [1.807, 2.05) is 31.2 Å². The Kier molecular flexibility index (Phi) is 3.16. The number of aryl methyl sites for hydroxylation is 1. The molecule has 0 atom stereocenters. The molecule has 0 bridgehead atoms.